The molecule has 6 heteroatoms. The third kappa shape index (κ3) is 3.92. The molecule has 1 aromatic rings. The number of aromatic nitrogens is 1. The van der Waals surface area contributed by atoms with Crippen molar-refractivity contribution >= 4 is 17.5 Å². The fourth-order valence-electron chi connectivity index (χ4n) is 1.32. The van der Waals surface area contributed by atoms with E-state index in [0.29, 0.717) is 19.0 Å². The van der Waals surface area contributed by atoms with Crippen molar-refractivity contribution in [2.24, 2.45) is 0 Å². The Bertz CT molecular complexity index is 396. The lowest BCUT2D eigenvalue weighted by Crippen LogP contribution is -2.22. The Kier molecular flexibility index (Phi) is 4.71. The van der Waals surface area contributed by atoms with Gasteiger partial charge in [-0.3, -0.25) is 0 Å². The zero-order chi connectivity index (χ0) is 12.8. The van der Waals surface area contributed by atoms with Crippen LogP contribution in [0.15, 0.2) is 12.3 Å². The van der Waals surface area contributed by atoms with Crippen LogP contribution in [0, 0.1) is 0 Å². The number of nitrogen functional groups attached to an aromatic ring is 1. The molecule has 0 saturated carbocycles. The minimum absolute atomic E-state index is 0.0473. The molecule has 1 unspecified atom stereocenters. The number of pyridine rings is 1. The summed E-state index contributed by atoms with van der Waals surface area (Å²) in [5.41, 5.74) is 5.71. The zero-order valence-corrected chi connectivity index (χ0v) is 9.93. The first-order valence-electron chi connectivity index (χ1n) is 5.37. The van der Waals surface area contributed by atoms with Crippen molar-refractivity contribution in [2.75, 3.05) is 24.3 Å². The highest BCUT2D eigenvalue weighted by Crippen LogP contribution is 2.15. The Balaban J connectivity index is 2.72. The number of nitrogens with one attached hydrogen (secondary N) is 1. The molecule has 0 saturated heterocycles. The van der Waals surface area contributed by atoms with Crippen LogP contribution in [0.4, 0.5) is 11.5 Å². The second kappa shape index (κ2) is 6.05. The van der Waals surface area contributed by atoms with Crippen LogP contribution in [0.2, 0.25) is 0 Å². The molecule has 4 N–H and O–H groups in total. The lowest BCUT2D eigenvalue weighted by atomic mass is 10.2. The van der Waals surface area contributed by atoms with E-state index in [1.165, 1.54) is 12.3 Å². The highest BCUT2D eigenvalue weighted by molar-refractivity contribution is 5.94. The molecule has 0 bridgehead atoms. The molecule has 0 radical (unpaired) electrons. The zero-order valence-electron chi connectivity index (χ0n) is 9.93. The number of nitrogens with zero attached hydrogens (tertiary/aromatic N) is 1. The predicted octanol–water partition coefficient (Wildman–Crippen LogP) is 1.20. The second-order valence-corrected chi connectivity index (χ2v) is 3.67. The Hall–Kier alpha value is -1.82. The maximum Gasteiger partial charge on any atom is 0.337 e. The standard InChI is InChI=1S/C11H17N3O3/c1-3-17-6-7(2)14-10-4-8(11(15)16)9(12)5-13-10/h4-5,7H,3,6,12H2,1-2H3,(H,13,14)(H,15,16). The van der Waals surface area contributed by atoms with Crippen LogP contribution in [0.25, 0.3) is 0 Å². The van der Waals surface area contributed by atoms with Gasteiger partial charge in [0, 0.05) is 12.6 Å². The maximum atomic E-state index is 10.9. The van der Waals surface area contributed by atoms with E-state index in [1.807, 2.05) is 13.8 Å². The van der Waals surface area contributed by atoms with Gasteiger partial charge in [-0.2, -0.15) is 0 Å². The van der Waals surface area contributed by atoms with Gasteiger partial charge in [0.05, 0.1) is 24.1 Å². The summed E-state index contributed by atoms with van der Waals surface area (Å²) < 4.78 is 5.24. The summed E-state index contributed by atoms with van der Waals surface area (Å²) >= 11 is 0. The number of carboxylic acids is 1. The van der Waals surface area contributed by atoms with Gasteiger partial charge in [0.1, 0.15) is 5.82 Å². The number of ether oxygens (including phenoxy) is 1. The van der Waals surface area contributed by atoms with Crippen LogP contribution in [-0.2, 0) is 4.74 Å². The normalized spacial score (nSPS) is 12.1. The van der Waals surface area contributed by atoms with Crippen molar-refractivity contribution in [3.8, 4) is 0 Å². The molecular formula is C11H17N3O3. The van der Waals surface area contributed by atoms with Gasteiger partial charge >= 0.3 is 5.97 Å². The van der Waals surface area contributed by atoms with Gasteiger partial charge in [-0.15, -0.1) is 0 Å². The smallest absolute Gasteiger partial charge is 0.337 e. The van der Waals surface area contributed by atoms with E-state index in [1.54, 1.807) is 0 Å². The molecule has 0 aliphatic rings. The van der Waals surface area contributed by atoms with Crippen molar-refractivity contribution in [1.29, 1.82) is 0 Å². The number of nitrogens with two attached hydrogens (primary N) is 1. The van der Waals surface area contributed by atoms with Crippen LogP contribution in [0.3, 0.4) is 0 Å². The summed E-state index contributed by atoms with van der Waals surface area (Å²) in [4.78, 5) is 14.9. The van der Waals surface area contributed by atoms with E-state index in [-0.39, 0.29) is 17.3 Å². The number of carboxylic acid groups (broad SMARTS) is 1. The van der Waals surface area contributed by atoms with Crippen molar-refractivity contribution in [2.45, 2.75) is 19.9 Å². The van der Waals surface area contributed by atoms with E-state index >= 15 is 0 Å². The van der Waals surface area contributed by atoms with Crippen molar-refractivity contribution < 1.29 is 14.6 Å². The first-order chi connectivity index (χ1) is 8.04. The molecule has 94 valence electrons. The van der Waals surface area contributed by atoms with Crippen LogP contribution < -0.4 is 11.1 Å². The third-order valence-electron chi connectivity index (χ3n) is 2.13. The number of anilines is 2. The molecule has 17 heavy (non-hydrogen) atoms. The first-order valence-corrected chi connectivity index (χ1v) is 5.37. The molecule has 1 rings (SSSR count). The van der Waals surface area contributed by atoms with Crippen molar-refractivity contribution in [3.63, 3.8) is 0 Å². The first kappa shape index (κ1) is 13.2. The molecule has 0 aliphatic carbocycles. The molecule has 1 heterocycles. The van der Waals surface area contributed by atoms with Crippen LogP contribution in [0.1, 0.15) is 24.2 Å². The van der Waals surface area contributed by atoms with Crippen molar-refractivity contribution in [1.82, 2.24) is 4.98 Å². The Labute approximate surface area is 99.8 Å². The van der Waals surface area contributed by atoms with E-state index in [2.05, 4.69) is 10.3 Å². The van der Waals surface area contributed by atoms with Gasteiger partial charge in [0.25, 0.3) is 0 Å². The molecule has 0 aliphatic heterocycles. The van der Waals surface area contributed by atoms with Crippen LogP contribution in [-0.4, -0.2) is 35.3 Å². The van der Waals surface area contributed by atoms with E-state index in [9.17, 15) is 4.79 Å². The topological polar surface area (TPSA) is 97.5 Å². The molecule has 0 fully saturated rings. The minimum atomic E-state index is -1.06. The highest BCUT2D eigenvalue weighted by atomic mass is 16.5. The summed E-state index contributed by atoms with van der Waals surface area (Å²) in [5.74, 6) is -0.589. The Morgan fingerprint density at radius 2 is 2.41 bits per heavy atom. The van der Waals surface area contributed by atoms with Gasteiger partial charge in [0.15, 0.2) is 0 Å². The predicted molar refractivity (Wildman–Crippen MR) is 65.2 cm³/mol. The maximum absolute atomic E-state index is 10.9. The molecule has 1 aromatic heterocycles. The highest BCUT2D eigenvalue weighted by Gasteiger charge is 2.10. The summed E-state index contributed by atoms with van der Waals surface area (Å²) in [7, 11) is 0. The minimum Gasteiger partial charge on any atom is -0.478 e. The quantitative estimate of drug-likeness (QED) is 0.690. The van der Waals surface area contributed by atoms with E-state index < -0.39 is 5.97 Å². The largest absolute Gasteiger partial charge is 0.478 e. The molecule has 6 nitrogen and oxygen atoms in total. The number of carbonyl (C=O) groups is 1. The SMILES string of the molecule is CCOCC(C)Nc1cc(C(=O)O)c(N)cn1. The third-order valence-corrected chi connectivity index (χ3v) is 2.13. The average molecular weight is 239 g/mol. The number of aromatic carboxylic acids is 1. The van der Waals surface area contributed by atoms with Gasteiger partial charge in [-0.25, -0.2) is 9.78 Å². The van der Waals surface area contributed by atoms with Crippen LogP contribution in [0.5, 0.6) is 0 Å². The summed E-state index contributed by atoms with van der Waals surface area (Å²) in [6.07, 6.45) is 1.33. The number of hydrogen-bond donors (Lipinski definition) is 3. The fourth-order valence-corrected chi connectivity index (χ4v) is 1.32. The lowest BCUT2D eigenvalue weighted by molar-refractivity contribution is 0.0698. The van der Waals surface area contributed by atoms with E-state index in [0.717, 1.165) is 0 Å². The fraction of sp³-hybridized carbons (Fsp3) is 0.455. The number of rotatable bonds is 6. The molecule has 1 atom stereocenters. The van der Waals surface area contributed by atoms with Gasteiger partial charge in [0.2, 0.25) is 0 Å². The average Bonchev–Trinajstić information content (AvgIpc) is 2.28. The monoisotopic (exact) mass is 239 g/mol. The molecular weight excluding hydrogens is 222 g/mol. The molecule has 0 spiro atoms. The summed E-state index contributed by atoms with van der Waals surface area (Å²) in [6, 6.07) is 1.47. The van der Waals surface area contributed by atoms with Crippen molar-refractivity contribution in [3.05, 3.63) is 17.8 Å². The molecule has 0 amide bonds. The second-order valence-electron chi connectivity index (χ2n) is 3.67. The Morgan fingerprint density at radius 1 is 1.71 bits per heavy atom. The summed E-state index contributed by atoms with van der Waals surface area (Å²) in [5, 5.41) is 11.9. The van der Waals surface area contributed by atoms with Gasteiger partial charge in [-0.05, 0) is 19.9 Å². The Morgan fingerprint density at radius 3 is 3.00 bits per heavy atom. The van der Waals surface area contributed by atoms with E-state index in [4.69, 9.17) is 15.6 Å². The van der Waals surface area contributed by atoms with Crippen LogP contribution >= 0.6 is 0 Å². The van der Waals surface area contributed by atoms with Gasteiger partial charge < -0.3 is 20.9 Å². The summed E-state index contributed by atoms with van der Waals surface area (Å²) in [6.45, 7) is 5.01. The lowest BCUT2D eigenvalue weighted by Gasteiger charge is -2.14. The van der Waals surface area contributed by atoms with Gasteiger partial charge in [-0.1, -0.05) is 0 Å². The number of hydrogen-bond acceptors (Lipinski definition) is 5. The molecule has 0 aromatic carbocycles.